The highest BCUT2D eigenvalue weighted by atomic mass is 16.5. The average molecular weight is 259 g/mol. The molecule has 0 bridgehead atoms. The molecular formula is C15H21N3O. The van der Waals surface area contributed by atoms with Crippen LogP contribution in [0.3, 0.4) is 0 Å². The largest absolute Gasteiger partial charge is 0.381 e. The Kier molecular flexibility index (Phi) is 3.53. The van der Waals surface area contributed by atoms with Gasteiger partial charge in [0.15, 0.2) is 0 Å². The molecule has 1 aromatic heterocycles. The van der Waals surface area contributed by atoms with Crippen LogP contribution in [0.15, 0.2) is 24.3 Å². The highest BCUT2D eigenvalue weighted by molar-refractivity contribution is 5.82. The molecule has 2 aromatic rings. The smallest absolute Gasteiger partial charge is 0.0870 e. The molecular weight excluding hydrogens is 238 g/mol. The normalized spacial score (nSPS) is 18.8. The van der Waals surface area contributed by atoms with Crippen molar-refractivity contribution in [3.8, 4) is 0 Å². The lowest BCUT2D eigenvalue weighted by molar-refractivity contribution is 0.0617. The van der Waals surface area contributed by atoms with Crippen molar-refractivity contribution in [2.24, 2.45) is 18.7 Å². The molecule has 1 aliphatic rings. The fraction of sp³-hybridized carbons (Fsp3) is 0.533. The first-order chi connectivity index (χ1) is 9.25. The van der Waals surface area contributed by atoms with Crippen molar-refractivity contribution in [1.29, 1.82) is 0 Å². The maximum absolute atomic E-state index is 6.39. The Bertz CT molecular complexity index is 558. The Balaban J connectivity index is 1.82. The Morgan fingerprint density at radius 3 is 2.89 bits per heavy atom. The first-order valence-corrected chi connectivity index (χ1v) is 7.00. The molecule has 102 valence electrons. The molecule has 0 amide bonds. The molecule has 19 heavy (non-hydrogen) atoms. The summed E-state index contributed by atoms with van der Waals surface area (Å²) in [7, 11) is 1.98. The van der Waals surface area contributed by atoms with Gasteiger partial charge in [-0.3, -0.25) is 4.68 Å². The molecule has 1 atom stereocenters. The van der Waals surface area contributed by atoms with Crippen molar-refractivity contribution < 1.29 is 4.74 Å². The van der Waals surface area contributed by atoms with Gasteiger partial charge in [-0.1, -0.05) is 18.2 Å². The summed E-state index contributed by atoms with van der Waals surface area (Å²) in [5.74, 6) is 0.671. The van der Waals surface area contributed by atoms with E-state index in [1.807, 2.05) is 17.8 Å². The lowest BCUT2D eigenvalue weighted by Crippen LogP contribution is -2.22. The van der Waals surface area contributed by atoms with Crippen LogP contribution < -0.4 is 5.73 Å². The highest BCUT2D eigenvalue weighted by Gasteiger charge is 2.21. The standard InChI is InChI=1S/C15H21N3O/c1-18-14-5-3-2-4-12(14)15(17-18)13(16)10-11-6-8-19-9-7-11/h2-5,11,13H,6-10,16H2,1H3. The summed E-state index contributed by atoms with van der Waals surface area (Å²) >= 11 is 0. The third-order valence-corrected chi connectivity index (χ3v) is 4.07. The van der Waals surface area contributed by atoms with Gasteiger partial charge in [0.05, 0.1) is 11.2 Å². The minimum absolute atomic E-state index is 0.0224. The zero-order valence-corrected chi connectivity index (χ0v) is 11.4. The van der Waals surface area contributed by atoms with Gasteiger partial charge in [-0.15, -0.1) is 0 Å². The van der Waals surface area contributed by atoms with Crippen LogP contribution in [0, 0.1) is 5.92 Å². The molecule has 0 spiro atoms. The third-order valence-electron chi connectivity index (χ3n) is 4.07. The van der Waals surface area contributed by atoms with E-state index in [0.717, 1.165) is 43.7 Å². The number of fused-ring (bicyclic) bond motifs is 1. The van der Waals surface area contributed by atoms with Crippen molar-refractivity contribution >= 4 is 10.9 Å². The first-order valence-electron chi connectivity index (χ1n) is 7.00. The van der Waals surface area contributed by atoms with Gasteiger partial charge in [-0.05, 0) is 31.2 Å². The molecule has 4 nitrogen and oxygen atoms in total. The van der Waals surface area contributed by atoms with Crippen LogP contribution >= 0.6 is 0 Å². The summed E-state index contributed by atoms with van der Waals surface area (Å²) in [6.07, 6.45) is 3.25. The molecule has 0 aliphatic carbocycles. The topological polar surface area (TPSA) is 53.1 Å². The summed E-state index contributed by atoms with van der Waals surface area (Å²) in [5, 5.41) is 5.80. The van der Waals surface area contributed by atoms with Crippen LogP contribution in [0.5, 0.6) is 0 Å². The van der Waals surface area contributed by atoms with Crippen LogP contribution in [-0.4, -0.2) is 23.0 Å². The van der Waals surface area contributed by atoms with E-state index in [1.54, 1.807) is 0 Å². The molecule has 0 radical (unpaired) electrons. The van der Waals surface area contributed by atoms with Gasteiger partial charge in [0.2, 0.25) is 0 Å². The fourth-order valence-electron chi connectivity index (χ4n) is 2.97. The number of nitrogens with two attached hydrogens (primary N) is 1. The van der Waals surface area contributed by atoms with Gasteiger partial charge in [-0.25, -0.2) is 0 Å². The number of hydrogen-bond donors (Lipinski definition) is 1. The van der Waals surface area contributed by atoms with Crippen LogP contribution in [0.4, 0.5) is 0 Å². The number of nitrogens with zero attached hydrogens (tertiary/aromatic N) is 2. The van der Waals surface area contributed by atoms with Crippen LogP contribution in [0.25, 0.3) is 10.9 Å². The SMILES string of the molecule is Cn1nc(C(N)CC2CCOCC2)c2ccccc21. The van der Waals surface area contributed by atoms with Gasteiger partial charge in [0, 0.05) is 31.7 Å². The van der Waals surface area contributed by atoms with Crippen molar-refractivity contribution in [1.82, 2.24) is 9.78 Å². The predicted octanol–water partition coefficient (Wildman–Crippen LogP) is 2.39. The first kappa shape index (κ1) is 12.6. The van der Waals surface area contributed by atoms with E-state index in [-0.39, 0.29) is 6.04 Å². The van der Waals surface area contributed by atoms with E-state index in [1.165, 1.54) is 5.39 Å². The maximum atomic E-state index is 6.39. The lowest BCUT2D eigenvalue weighted by atomic mass is 9.91. The number of aryl methyl sites for hydroxylation is 1. The quantitative estimate of drug-likeness (QED) is 0.920. The van der Waals surface area contributed by atoms with Crippen molar-refractivity contribution in [3.05, 3.63) is 30.0 Å². The second-order valence-electron chi connectivity index (χ2n) is 5.42. The number of rotatable bonds is 3. The van der Waals surface area contributed by atoms with Crippen molar-refractivity contribution in [3.63, 3.8) is 0 Å². The number of ether oxygens (including phenoxy) is 1. The molecule has 4 heteroatoms. The molecule has 1 saturated heterocycles. The average Bonchev–Trinajstić information content (AvgIpc) is 2.78. The van der Waals surface area contributed by atoms with Gasteiger partial charge in [-0.2, -0.15) is 5.10 Å². The van der Waals surface area contributed by atoms with Crippen LogP contribution in [0.1, 0.15) is 31.0 Å². The van der Waals surface area contributed by atoms with Crippen LogP contribution in [-0.2, 0) is 11.8 Å². The summed E-state index contributed by atoms with van der Waals surface area (Å²) in [5.41, 5.74) is 8.57. The molecule has 3 rings (SSSR count). The molecule has 2 heterocycles. The Morgan fingerprint density at radius 1 is 1.37 bits per heavy atom. The van der Waals surface area contributed by atoms with E-state index < -0.39 is 0 Å². The number of benzene rings is 1. The molecule has 2 N–H and O–H groups in total. The van der Waals surface area contributed by atoms with E-state index in [9.17, 15) is 0 Å². The lowest BCUT2D eigenvalue weighted by Gasteiger charge is -2.24. The molecule has 1 aromatic carbocycles. The number of para-hydroxylation sites is 1. The Morgan fingerprint density at radius 2 is 2.11 bits per heavy atom. The fourth-order valence-corrected chi connectivity index (χ4v) is 2.97. The maximum Gasteiger partial charge on any atom is 0.0870 e. The molecule has 1 fully saturated rings. The summed E-state index contributed by atoms with van der Waals surface area (Å²) in [4.78, 5) is 0. The van der Waals surface area contributed by atoms with Crippen LogP contribution in [0.2, 0.25) is 0 Å². The van der Waals surface area contributed by atoms with E-state index in [4.69, 9.17) is 10.5 Å². The minimum atomic E-state index is 0.0224. The van der Waals surface area contributed by atoms with Gasteiger partial charge >= 0.3 is 0 Å². The Hall–Kier alpha value is -1.39. The number of aromatic nitrogens is 2. The molecule has 1 unspecified atom stereocenters. The minimum Gasteiger partial charge on any atom is -0.381 e. The molecule has 1 aliphatic heterocycles. The van der Waals surface area contributed by atoms with Crippen molar-refractivity contribution in [2.75, 3.05) is 13.2 Å². The van der Waals surface area contributed by atoms with Gasteiger partial charge in [0.25, 0.3) is 0 Å². The monoisotopic (exact) mass is 259 g/mol. The van der Waals surface area contributed by atoms with Gasteiger partial charge < -0.3 is 10.5 Å². The van der Waals surface area contributed by atoms with E-state index in [0.29, 0.717) is 5.92 Å². The summed E-state index contributed by atoms with van der Waals surface area (Å²) in [6, 6.07) is 8.32. The zero-order chi connectivity index (χ0) is 13.2. The van der Waals surface area contributed by atoms with E-state index in [2.05, 4.69) is 23.3 Å². The number of hydrogen-bond acceptors (Lipinski definition) is 3. The third kappa shape index (κ3) is 2.51. The second kappa shape index (κ2) is 5.31. The molecule has 0 saturated carbocycles. The van der Waals surface area contributed by atoms with Crippen molar-refractivity contribution in [2.45, 2.75) is 25.3 Å². The second-order valence-corrected chi connectivity index (χ2v) is 5.42. The summed E-state index contributed by atoms with van der Waals surface area (Å²) < 4.78 is 7.33. The van der Waals surface area contributed by atoms with E-state index >= 15 is 0 Å². The Labute approximate surface area is 113 Å². The van der Waals surface area contributed by atoms with Gasteiger partial charge in [0.1, 0.15) is 0 Å². The summed E-state index contributed by atoms with van der Waals surface area (Å²) in [6.45, 7) is 1.75. The zero-order valence-electron chi connectivity index (χ0n) is 11.4. The highest BCUT2D eigenvalue weighted by Crippen LogP contribution is 2.29. The predicted molar refractivity (Wildman–Crippen MR) is 75.8 cm³/mol.